The van der Waals surface area contributed by atoms with Crippen molar-refractivity contribution in [3.63, 3.8) is 0 Å². The normalized spacial score (nSPS) is 18.9. The molecule has 4 heteroatoms. The molecule has 98 valence electrons. The van der Waals surface area contributed by atoms with Crippen LogP contribution in [0.1, 0.15) is 11.1 Å². The van der Waals surface area contributed by atoms with Crippen molar-refractivity contribution in [3.8, 4) is 5.75 Å². The number of anilines is 2. The van der Waals surface area contributed by atoms with E-state index in [0.717, 1.165) is 45.1 Å². The van der Waals surface area contributed by atoms with Gasteiger partial charge in [0.1, 0.15) is 6.61 Å². The fourth-order valence-corrected chi connectivity index (χ4v) is 2.91. The van der Waals surface area contributed by atoms with Gasteiger partial charge in [0.05, 0.1) is 11.4 Å². The van der Waals surface area contributed by atoms with Crippen LogP contribution in [0.3, 0.4) is 0 Å². The lowest BCUT2D eigenvalue weighted by Gasteiger charge is -2.34. The Labute approximate surface area is 108 Å². The van der Waals surface area contributed by atoms with Gasteiger partial charge in [-0.25, -0.2) is 0 Å². The highest BCUT2D eigenvalue weighted by Crippen LogP contribution is 2.42. The maximum absolute atomic E-state index is 5.94. The van der Waals surface area contributed by atoms with Crippen molar-refractivity contribution in [1.29, 1.82) is 0 Å². The number of ether oxygens (including phenoxy) is 1. The molecule has 0 bridgehead atoms. The Kier molecular flexibility index (Phi) is 3.04. The van der Waals surface area contributed by atoms with Crippen LogP contribution in [0.5, 0.6) is 5.75 Å². The second kappa shape index (κ2) is 4.69. The molecule has 1 saturated heterocycles. The molecule has 18 heavy (non-hydrogen) atoms. The first-order chi connectivity index (χ1) is 8.77. The van der Waals surface area contributed by atoms with E-state index in [1.54, 1.807) is 0 Å². The molecule has 2 N–H and O–H groups in total. The van der Waals surface area contributed by atoms with Gasteiger partial charge in [-0.15, -0.1) is 0 Å². The predicted molar refractivity (Wildman–Crippen MR) is 75.0 cm³/mol. The average molecular weight is 247 g/mol. The molecule has 0 saturated carbocycles. The Hall–Kier alpha value is -1.42. The third-order valence-electron chi connectivity index (χ3n) is 3.73. The lowest BCUT2D eigenvalue weighted by Crippen LogP contribution is -2.44. The summed E-state index contributed by atoms with van der Waals surface area (Å²) in [6.45, 7) is 10.2. The molecular weight excluding hydrogens is 226 g/mol. The minimum atomic E-state index is 0.759. The predicted octanol–water partition coefficient (Wildman–Crippen LogP) is 1.52. The molecule has 0 atom stereocenters. The monoisotopic (exact) mass is 247 g/mol. The van der Waals surface area contributed by atoms with E-state index in [4.69, 9.17) is 4.74 Å². The summed E-state index contributed by atoms with van der Waals surface area (Å²) in [4.78, 5) is 2.44. The zero-order chi connectivity index (χ0) is 12.5. The molecule has 2 aliphatic heterocycles. The van der Waals surface area contributed by atoms with Crippen molar-refractivity contribution in [3.05, 3.63) is 17.2 Å². The highest BCUT2D eigenvalue weighted by Gasteiger charge is 2.23. The maximum atomic E-state index is 5.94. The lowest BCUT2D eigenvalue weighted by atomic mass is 10.0. The van der Waals surface area contributed by atoms with Gasteiger partial charge in [0.2, 0.25) is 0 Å². The quantitative estimate of drug-likeness (QED) is 0.789. The van der Waals surface area contributed by atoms with Crippen molar-refractivity contribution in [2.24, 2.45) is 0 Å². The zero-order valence-corrected chi connectivity index (χ0v) is 11.2. The molecule has 0 amide bonds. The van der Waals surface area contributed by atoms with Crippen LogP contribution >= 0.6 is 0 Å². The molecule has 0 radical (unpaired) electrons. The molecule has 1 aromatic carbocycles. The molecule has 0 aromatic heterocycles. The minimum Gasteiger partial charge on any atom is -0.487 e. The Morgan fingerprint density at radius 1 is 1.11 bits per heavy atom. The molecule has 0 unspecified atom stereocenters. The largest absolute Gasteiger partial charge is 0.487 e. The first-order valence-electron chi connectivity index (χ1n) is 6.74. The number of nitrogens with zero attached hydrogens (tertiary/aromatic N) is 1. The molecule has 4 nitrogen and oxygen atoms in total. The van der Waals surface area contributed by atoms with Gasteiger partial charge >= 0.3 is 0 Å². The molecule has 0 spiro atoms. The van der Waals surface area contributed by atoms with Crippen LogP contribution in [0, 0.1) is 13.8 Å². The second-order valence-corrected chi connectivity index (χ2v) is 5.08. The molecule has 1 aromatic rings. The van der Waals surface area contributed by atoms with Gasteiger partial charge in [0.15, 0.2) is 5.75 Å². The summed E-state index contributed by atoms with van der Waals surface area (Å²) < 4.78 is 5.94. The number of aryl methyl sites for hydroxylation is 2. The molecule has 2 aliphatic rings. The van der Waals surface area contributed by atoms with Crippen molar-refractivity contribution in [2.45, 2.75) is 13.8 Å². The van der Waals surface area contributed by atoms with E-state index < -0.39 is 0 Å². The van der Waals surface area contributed by atoms with Crippen LogP contribution in [0.25, 0.3) is 0 Å². The van der Waals surface area contributed by atoms with E-state index in [0.29, 0.717) is 0 Å². The Morgan fingerprint density at radius 3 is 2.67 bits per heavy atom. The van der Waals surface area contributed by atoms with Crippen LogP contribution < -0.4 is 20.3 Å². The van der Waals surface area contributed by atoms with E-state index >= 15 is 0 Å². The van der Waals surface area contributed by atoms with E-state index in [1.165, 1.54) is 22.5 Å². The summed E-state index contributed by atoms with van der Waals surface area (Å²) in [5.74, 6) is 1.06. The number of fused-ring (bicyclic) bond motifs is 1. The van der Waals surface area contributed by atoms with Gasteiger partial charge in [-0.1, -0.05) is 6.07 Å². The highest BCUT2D eigenvalue weighted by atomic mass is 16.5. The van der Waals surface area contributed by atoms with Crippen LogP contribution in [0.2, 0.25) is 0 Å². The average Bonchev–Trinajstić information content (AvgIpc) is 2.40. The Balaban J connectivity index is 2.06. The first-order valence-corrected chi connectivity index (χ1v) is 6.74. The van der Waals surface area contributed by atoms with Crippen molar-refractivity contribution in [1.82, 2.24) is 5.32 Å². The van der Waals surface area contributed by atoms with Crippen molar-refractivity contribution in [2.75, 3.05) is 49.5 Å². The molecule has 1 fully saturated rings. The van der Waals surface area contributed by atoms with Gasteiger partial charge in [0.25, 0.3) is 0 Å². The number of piperazine rings is 1. The van der Waals surface area contributed by atoms with Crippen LogP contribution in [0.4, 0.5) is 11.4 Å². The van der Waals surface area contributed by atoms with Gasteiger partial charge in [-0.2, -0.15) is 0 Å². The Bertz CT molecular complexity index is 453. The number of hydrogen-bond donors (Lipinski definition) is 2. The first kappa shape index (κ1) is 11.7. The smallest absolute Gasteiger partial charge is 0.166 e. The zero-order valence-electron chi connectivity index (χ0n) is 11.2. The number of hydrogen-bond acceptors (Lipinski definition) is 4. The third kappa shape index (κ3) is 1.90. The van der Waals surface area contributed by atoms with Crippen LogP contribution in [0.15, 0.2) is 6.07 Å². The highest BCUT2D eigenvalue weighted by molar-refractivity contribution is 5.78. The molecular formula is C14H21N3O. The van der Waals surface area contributed by atoms with Crippen molar-refractivity contribution >= 4 is 11.4 Å². The van der Waals surface area contributed by atoms with E-state index in [-0.39, 0.29) is 0 Å². The lowest BCUT2D eigenvalue weighted by molar-refractivity contribution is 0.322. The summed E-state index contributed by atoms with van der Waals surface area (Å²) in [6, 6.07) is 2.26. The third-order valence-corrected chi connectivity index (χ3v) is 3.73. The van der Waals surface area contributed by atoms with Crippen LogP contribution in [-0.4, -0.2) is 39.3 Å². The fraction of sp³-hybridized carbons (Fsp3) is 0.571. The van der Waals surface area contributed by atoms with Gasteiger partial charge in [-0.3, -0.25) is 0 Å². The second-order valence-electron chi connectivity index (χ2n) is 5.08. The topological polar surface area (TPSA) is 36.5 Å². The number of benzene rings is 1. The summed E-state index contributed by atoms with van der Waals surface area (Å²) in [5.41, 5.74) is 5.06. The summed E-state index contributed by atoms with van der Waals surface area (Å²) in [6.07, 6.45) is 0. The standard InChI is InChI=1S/C14H21N3O/c1-10-9-11(2)13(17-6-3-15-4-7-17)14-12(10)16-5-8-18-14/h9,15-16H,3-8H2,1-2H3. The van der Waals surface area contributed by atoms with E-state index in [1.807, 2.05) is 0 Å². The maximum Gasteiger partial charge on any atom is 0.166 e. The van der Waals surface area contributed by atoms with Gasteiger partial charge in [0, 0.05) is 32.7 Å². The fourth-order valence-electron chi connectivity index (χ4n) is 2.91. The molecule has 3 rings (SSSR count). The number of nitrogens with one attached hydrogen (secondary N) is 2. The van der Waals surface area contributed by atoms with Gasteiger partial charge in [-0.05, 0) is 25.0 Å². The summed E-state index contributed by atoms with van der Waals surface area (Å²) in [7, 11) is 0. The summed E-state index contributed by atoms with van der Waals surface area (Å²) in [5, 5.41) is 6.87. The van der Waals surface area contributed by atoms with Crippen molar-refractivity contribution < 1.29 is 4.74 Å². The van der Waals surface area contributed by atoms with E-state index in [2.05, 4.69) is 35.4 Å². The minimum absolute atomic E-state index is 0.759. The molecule has 2 heterocycles. The summed E-state index contributed by atoms with van der Waals surface area (Å²) >= 11 is 0. The van der Waals surface area contributed by atoms with Gasteiger partial charge < -0.3 is 20.3 Å². The Morgan fingerprint density at radius 2 is 1.89 bits per heavy atom. The number of rotatable bonds is 1. The SMILES string of the molecule is Cc1cc(C)c(N2CCNCC2)c2c1NCCO2. The van der Waals surface area contributed by atoms with E-state index in [9.17, 15) is 0 Å². The van der Waals surface area contributed by atoms with Crippen LogP contribution in [-0.2, 0) is 0 Å². The molecule has 0 aliphatic carbocycles.